The summed E-state index contributed by atoms with van der Waals surface area (Å²) in [7, 11) is 0. The van der Waals surface area contributed by atoms with E-state index < -0.39 is 0 Å². The number of amides is 2. The van der Waals surface area contributed by atoms with Crippen molar-refractivity contribution in [1.82, 2.24) is 5.32 Å². The zero-order chi connectivity index (χ0) is 15.7. The van der Waals surface area contributed by atoms with E-state index in [1.54, 1.807) is 24.3 Å². The maximum Gasteiger partial charge on any atom is 0.251 e. The minimum Gasteiger partial charge on any atom is -0.349 e. The third kappa shape index (κ3) is 5.98. The van der Waals surface area contributed by atoms with Crippen molar-refractivity contribution in [3.8, 4) is 0 Å². The first-order valence-electron chi connectivity index (χ1n) is 7.81. The molecular weight excluding hydrogens is 264 g/mol. The molecule has 1 aromatic rings. The highest BCUT2D eigenvalue weighted by atomic mass is 16.2. The van der Waals surface area contributed by atoms with Gasteiger partial charge in [0.05, 0.1) is 0 Å². The van der Waals surface area contributed by atoms with E-state index in [0.29, 0.717) is 12.0 Å². The fraction of sp³-hybridized carbons (Fsp3) is 0.529. The molecule has 4 heteroatoms. The van der Waals surface area contributed by atoms with Gasteiger partial charge in [-0.2, -0.15) is 0 Å². The van der Waals surface area contributed by atoms with Gasteiger partial charge in [-0.05, 0) is 43.5 Å². The van der Waals surface area contributed by atoms with E-state index in [4.69, 9.17) is 0 Å². The van der Waals surface area contributed by atoms with Crippen LogP contribution in [0.15, 0.2) is 24.3 Å². The Hall–Kier alpha value is -1.84. The first-order valence-corrected chi connectivity index (χ1v) is 7.81. The maximum atomic E-state index is 12.0. The lowest BCUT2D eigenvalue weighted by Crippen LogP contribution is -2.33. The summed E-state index contributed by atoms with van der Waals surface area (Å²) in [6, 6.07) is 7.24. The molecule has 0 aromatic heterocycles. The van der Waals surface area contributed by atoms with Crippen LogP contribution < -0.4 is 10.6 Å². The van der Waals surface area contributed by atoms with Gasteiger partial charge in [-0.1, -0.05) is 27.2 Å². The Labute approximate surface area is 127 Å². The number of unbranched alkanes of at least 4 members (excludes halogenated alkanes) is 1. The summed E-state index contributed by atoms with van der Waals surface area (Å²) >= 11 is 0. The molecule has 0 spiro atoms. The standard InChI is InChI=1S/C17H26N2O2/c1-4-7-8-16(20)18-15-11-9-13(10-12-15)17(21)19-14(5-2)6-3/h9-12,14H,4-8H2,1-3H3,(H,18,20)(H,19,21). The Kier molecular flexibility index (Phi) is 7.51. The van der Waals surface area contributed by atoms with Crippen LogP contribution in [0.1, 0.15) is 63.2 Å². The Balaban J connectivity index is 2.57. The summed E-state index contributed by atoms with van der Waals surface area (Å²) in [5, 5.41) is 5.83. The van der Waals surface area contributed by atoms with Crippen LogP contribution in [0.5, 0.6) is 0 Å². The summed E-state index contributed by atoms with van der Waals surface area (Å²) in [6.07, 6.45) is 4.28. The molecule has 116 valence electrons. The van der Waals surface area contributed by atoms with Crippen molar-refractivity contribution in [2.24, 2.45) is 0 Å². The first kappa shape index (κ1) is 17.2. The van der Waals surface area contributed by atoms with Crippen LogP contribution in [-0.4, -0.2) is 17.9 Å². The van der Waals surface area contributed by atoms with Gasteiger partial charge in [0.1, 0.15) is 0 Å². The molecule has 0 aliphatic carbocycles. The summed E-state index contributed by atoms with van der Waals surface area (Å²) < 4.78 is 0. The molecule has 4 nitrogen and oxygen atoms in total. The highest BCUT2D eigenvalue weighted by Gasteiger charge is 2.10. The van der Waals surface area contributed by atoms with Crippen LogP contribution >= 0.6 is 0 Å². The molecule has 1 rings (SSSR count). The van der Waals surface area contributed by atoms with Crippen molar-refractivity contribution in [3.05, 3.63) is 29.8 Å². The monoisotopic (exact) mass is 290 g/mol. The minimum absolute atomic E-state index is 0.0195. The molecular formula is C17H26N2O2. The number of rotatable bonds is 8. The first-order chi connectivity index (χ1) is 10.1. The Morgan fingerprint density at radius 2 is 1.67 bits per heavy atom. The van der Waals surface area contributed by atoms with E-state index in [0.717, 1.165) is 31.4 Å². The molecule has 0 aliphatic heterocycles. The highest BCUT2D eigenvalue weighted by molar-refractivity contribution is 5.95. The van der Waals surface area contributed by atoms with E-state index in [2.05, 4.69) is 31.4 Å². The van der Waals surface area contributed by atoms with E-state index in [-0.39, 0.29) is 17.9 Å². The molecule has 0 heterocycles. The molecule has 0 saturated carbocycles. The lowest BCUT2D eigenvalue weighted by atomic mass is 10.1. The lowest BCUT2D eigenvalue weighted by molar-refractivity contribution is -0.116. The average Bonchev–Trinajstić information content (AvgIpc) is 2.51. The van der Waals surface area contributed by atoms with E-state index in [9.17, 15) is 9.59 Å². The Morgan fingerprint density at radius 3 is 2.19 bits per heavy atom. The van der Waals surface area contributed by atoms with Crippen molar-refractivity contribution < 1.29 is 9.59 Å². The zero-order valence-electron chi connectivity index (χ0n) is 13.2. The number of hydrogen-bond donors (Lipinski definition) is 2. The van der Waals surface area contributed by atoms with Crippen LogP contribution in [0.4, 0.5) is 5.69 Å². The smallest absolute Gasteiger partial charge is 0.251 e. The SMILES string of the molecule is CCCCC(=O)Nc1ccc(C(=O)NC(CC)CC)cc1. The van der Waals surface area contributed by atoms with Crippen LogP contribution in [-0.2, 0) is 4.79 Å². The molecule has 0 aliphatic rings. The quantitative estimate of drug-likeness (QED) is 0.766. The van der Waals surface area contributed by atoms with Crippen molar-refractivity contribution in [2.45, 2.75) is 58.9 Å². The molecule has 0 atom stereocenters. The third-order valence-corrected chi connectivity index (χ3v) is 3.51. The number of carbonyl (C=O) groups is 2. The van der Waals surface area contributed by atoms with Crippen LogP contribution in [0, 0.1) is 0 Å². The molecule has 21 heavy (non-hydrogen) atoms. The topological polar surface area (TPSA) is 58.2 Å². The fourth-order valence-corrected chi connectivity index (χ4v) is 2.03. The normalized spacial score (nSPS) is 10.5. The number of nitrogens with one attached hydrogen (secondary N) is 2. The molecule has 1 aromatic carbocycles. The number of anilines is 1. The van der Waals surface area contributed by atoms with E-state index in [1.807, 2.05) is 0 Å². The van der Waals surface area contributed by atoms with E-state index in [1.165, 1.54) is 0 Å². The molecule has 0 fully saturated rings. The predicted molar refractivity (Wildman–Crippen MR) is 86.4 cm³/mol. The maximum absolute atomic E-state index is 12.0. The van der Waals surface area contributed by atoms with Crippen molar-refractivity contribution in [1.29, 1.82) is 0 Å². The van der Waals surface area contributed by atoms with E-state index >= 15 is 0 Å². The van der Waals surface area contributed by atoms with Gasteiger partial charge >= 0.3 is 0 Å². The van der Waals surface area contributed by atoms with Gasteiger partial charge in [0, 0.05) is 23.7 Å². The largest absolute Gasteiger partial charge is 0.349 e. The van der Waals surface area contributed by atoms with Gasteiger partial charge in [0.2, 0.25) is 5.91 Å². The highest BCUT2D eigenvalue weighted by Crippen LogP contribution is 2.11. The number of hydrogen-bond acceptors (Lipinski definition) is 2. The third-order valence-electron chi connectivity index (χ3n) is 3.51. The van der Waals surface area contributed by atoms with Gasteiger partial charge < -0.3 is 10.6 Å². The van der Waals surface area contributed by atoms with Gasteiger partial charge in [-0.15, -0.1) is 0 Å². The van der Waals surface area contributed by atoms with Gasteiger partial charge in [0.15, 0.2) is 0 Å². The minimum atomic E-state index is -0.0624. The summed E-state index contributed by atoms with van der Waals surface area (Å²) in [4.78, 5) is 23.7. The Morgan fingerprint density at radius 1 is 1.05 bits per heavy atom. The second-order valence-corrected chi connectivity index (χ2v) is 5.22. The van der Waals surface area contributed by atoms with Crippen LogP contribution in [0.3, 0.4) is 0 Å². The van der Waals surface area contributed by atoms with Crippen molar-refractivity contribution >= 4 is 17.5 Å². The zero-order valence-corrected chi connectivity index (χ0v) is 13.2. The number of carbonyl (C=O) groups excluding carboxylic acids is 2. The van der Waals surface area contributed by atoms with Gasteiger partial charge in [-0.3, -0.25) is 9.59 Å². The summed E-state index contributed by atoms with van der Waals surface area (Å²) in [6.45, 7) is 6.17. The lowest BCUT2D eigenvalue weighted by Gasteiger charge is -2.14. The second-order valence-electron chi connectivity index (χ2n) is 5.22. The Bertz CT molecular complexity index is 450. The molecule has 2 N–H and O–H groups in total. The summed E-state index contributed by atoms with van der Waals surface area (Å²) in [5.41, 5.74) is 1.35. The molecule has 2 amide bonds. The second kappa shape index (κ2) is 9.16. The van der Waals surface area contributed by atoms with Gasteiger partial charge in [-0.25, -0.2) is 0 Å². The molecule has 0 radical (unpaired) electrons. The van der Waals surface area contributed by atoms with Crippen molar-refractivity contribution in [3.63, 3.8) is 0 Å². The van der Waals surface area contributed by atoms with Crippen LogP contribution in [0.25, 0.3) is 0 Å². The fourth-order valence-electron chi connectivity index (χ4n) is 2.03. The van der Waals surface area contributed by atoms with Gasteiger partial charge in [0.25, 0.3) is 5.91 Å². The average molecular weight is 290 g/mol. The number of benzene rings is 1. The summed E-state index contributed by atoms with van der Waals surface area (Å²) in [5.74, 6) is -0.0429. The molecule has 0 unspecified atom stereocenters. The molecule has 0 saturated heterocycles. The predicted octanol–water partition coefficient (Wildman–Crippen LogP) is 3.73. The van der Waals surface area contributed by atoms with Crippen LogP contribution in [0.2, 0.25) is 0 Å². The molecule has 0 bridgehead atoms. The van der Waals surface area contributed by atoms with Crippen molar-refractivity contribution in [2.75, 3.05) is 5.32 Å².